The fourth-order valence-corrected chi connectivity index (χ4v) is 1.49. The highest BCUT2D eigenvalue weighted by Gasteiger charge is 2.29. The Morgan fingerprint density at radius 1 is 1.50 bits per heavy atom. The monoisotopic (exact) mass is 194 g/mol. The summed E-state index contributed by atoms with van der Waals surface area (Å²) < 4.78 is 0. The van der Waals surface area contributed by atoms with Gasteiger partial charge in [0, 0.05) is 18.2 Å². The molecule has 0 fully saturated rings. The molecule has 0 saturated carbocycles. The van der Waals surface area contributed by atoms with Crippen LogP contribution in [0.25, 0.3) is 0 Å². The maximum Gasteiger partial charge on any atom is 0.102 e. The van der Waals surface area contributed by atoms with Gasteiger partial charge < -0.3 is 10.4 Å². The summed E-state index contributed by atoms with van der Waals surface area (Å²) >= 11 is 0. The van der Waals surface area contributed by atoms with E-state index in [2.05, 4.69) is 10.3 Å². The van der Waals surface area contributed by atoms with E-state index in [9.17, 15) is 5.11 Å². The van der Waals surface area contributed by atoms with Crippen molar-refractivity contribution in [2.45, 2.75) is 20.0 Å². The first kappa shape index (κ1) is 11.1. The molecule has 0 bridgehead atoms. The molecule has 1 heterocycles. The van der Waals surface area contributed by atoms with Crippen LogP contribution in [0.5, 0.6) is 0 Å². The molecule has 3 heteroatoms. The summed E-state index contributed by atoms with van der Waals surface area (Å²) in [4.78, 5) is 4.15. The Morgan fingerprint density at radius 3 is 2.71 bits per heavy atom. The summed E-state index contributed by atoms with van der Waals surface area (Å²) in [7, 11) is 1.88. The maximum atomic E-state index is 10.1. The quantitative estimate of drug-likeness (QED) is 0.760. The minimum Gasteiger partial charge on any atom is -0.386 e. The molecule has 2 N–H and O–H groups in total. The van der Waals surface area contributed by atoms with E-state index < -0.39 is 6.10 Å². The van der Waals surface area contributed by atoms with Crippen LogP contribution in [0.1, 0.15) is 25.6 Å². The lowest BCUT2D eigenvalue weighted by molar-refractivity contribution is 0.0471. The predicted octanol–water partition coefficient (Wildman–Crippen LogP) is 1.36. The van der Waals surface area contributed by atoms with Crippen molar-refractivity contribution in [1.29, 1.82) is 0 Å². The second kappa shape index (κ2) is 4.53. The van der Waals surface area contributed by atoms with Crippen LogP contribution >= 0.6 is 0 Å². The lowest BCUT2D eigenvalue weighted by Gasteiger charge is -2.29. The van der Waals surface area contributed by atoms with Gasteiger partial charge in [0.15, 0.2) is 0 Å². The van der Waals surface area contributed by atoms with Crippen molar-refractivity contribution in [2.75, 3.05) is 13.6 Å². The highest BCUT2D eigenvalue weighted by atomic mass is 16.3. The summed E-state index contributed by atoms with van der Waals surface area (Å²) in [5.74, 6) is 0. The number of pyridine rings is 1. The molecule has 0 aliphatic carbocycles. The minimum absolute atomic E-state index is 0.205. The average Bonchev–Trinajstić information content (AvgIpc) is 2.18. The van der Waals surface area contributed by atoms with Crippen molar-refractivity contribution < 1.29 is 5.11 Å². The molecular formula is C11H18N2O. The third kappa shape index (κ3) is 2.53. The number of aliphatic hydroxyl groups is 1. The van der Waals surface area contributed by atoms with Gasteiger partial charge in [0.2, 0.25) is 0 Å². The Hall–Kier alpha value is -0.930. The summed E-state index contributed by atoms with van der Waals surface area (Å²) in [5.41, 5.74) is 0.524. The van der Waals surface area contributed by atoms with Crippen molar-refractivity contribution in [2.24, 2.45) is 5.41 Å². The Balaban J connectivity index is 2.79. The zero-order valence-corrected chi connectivity index (χ0v) is 8.99. The van der Waals surface area contributed by atoms with Gasteiger partial charge in [0.25, 0.3) is 0 Å². The van der Waals surface area contributed by atoms with Gasteiger partial charge in [0.05, 0.1) is 5.69 Å². The molecule has 0 aliphatic rings. The largest absolute Gasteiger partial charge is 0.386 e. The van der Waals surface area contributed by atoms with Crippen LogP contribution in [0.3, 0.4) is 0 Å². The third-order valence-electron chi connectivity index (χ3n) is 2.34. The summed E-state index contributed by atoms with van der Waals surface area (Å²) in [6, 6.07) is 5.59. The predicted molar refractivity (Wildman–Crippen MR) is 56.9 cm³/mol. The van der Waals surface area contributed by atoms with E-state index in [-0.39, 0.29) is 5.41 Å². The Morgan fingerprint density at radius 2 is 2.21 bits per heavy atom. The molecule has 1 rings (SSSR count). The first-order chi connectivity index (χ1) is 6.58. The fourth-order valence-electron chi connectivity index (χ4n) is 1.49. The zero-order chi connectivity index (χ0) is 10.6. The van der Waals surface area contributed by atoms with Crippen molar-refractivity contribution in [3.8, 4) is 0 Å². The van der Waals surface area contributed by atoms with Gasteiger partial charge in [-0.3, -0.25) is 4.98 Å². The van der Waals surface area contributed by atoms with Gasteiger partial charge in [0.1, 0.15) is 6.10 Å². The van der Waals surface area contributed by atoms with Crippen LogP contribution < -0.4 is 5.32 Å². The van der Waals surface area contributed by atoms with Crippen molar-refractivity contribution in [3.63, 3.8) is 0 Å². The molecule has 1 unspecified atom stereocenters. The van der Waals surface area contributed by atoms with Crippen LogP contribution in [0.4, 0.5) is 0 Å². The number of nitrogens with one attached hydrogen (secondary N) is 1. The second-order valence-electron chi connectivity index (χ2n) is 4.18. The Labute approximate surface area is 85.2 Å². The summed E-state index contributed by atoms with van der Waals surface area (Å²) in [6.07, 6.45) is 1.17. The van der Waals surface area contributed by atoms with Gasteiger partial charge in [-0.25, -0.2) is 0 Å². The number of nitrogens with zero attached hydrogens (tertiary/aromatic N) is 1. The molecule has 0 aromatic carbocycles. The van der Waals surface area contributed by atoms with Crippen molar-refractivity contribution in [3.05, 3.63) is 30.1 Å². The lowest BCUT2D eigenvalue weighted by Crippen LogP contribution is -2.33. The normalized spacial score (nSPS) is 14.0. The van der Waals surface area contributed by atoms with Gasteiger partial charge in [-0.15, -0.1) is 0 Å². The van der Waals surface area contributed by atoms with Crippen LogP contribution in [-0.4, -0.2) is 23.7 Å². The first-order valence-electron chi connectivity index (χ1n) is 4.81. The lowest BCUT2D eigenvalue weighted by atomic mass is 9.84. The van der Waals surface area contributed by atoms with Crippen LogP contribution in [-0.2, 0) is 0 Å². The molecule has 1 aromatic heterocycles. The van der Waals surface area contributed by atoms with E-state index in [0.717, 1.165) is 12.2 Å². The third-order valence-corrected chi connectivity index (χ3v) is 2.34. The van der Waals surface area contributed by atoms with E-state index in [1.165, 1.54) is 0 Å². The molecule has 14 heavy (non-hydrogen) atoms. The topological polar surface area (TPSA) is 45.1 Å². The second-order valence-corrected chi connectivity index (χ2v) is 4.18. The number of hydrogen-bond acceptors (Lipinski definition) is 3. The summed E-state index contributed by atoms with van der Waals surface area (Å²) in [5, 5.41) is 13.1. The van der Waals surface area contributed by atoms with Gasteiger partial charge in [-0.1, -0.05) is 19.9 Å². The molecular weight excluding hydrogens is 176 g/mol. The van der Waals surface area contributed by atoms with E-state index in [4.69, 9.17) is 0 Å². The first-order valence-corrected chi connectivity index (χ1v) is 4.81. The summed E-state index contributed by atoms with van der Waals surface area (Å²) in [6.45, 7) is 4.79. The number of rotatable bonds is 4. The number of aliphatic hydroxyl groups excluding tert-OH is 1. The zero-order valence-electron chi connectivity index (χ0n) is 8.99. The van der Waals surface area contributed by atoms with Gasteiger partial charge >= 0.3 is 0 Å². The standard InChI is InChI=1S/C11H18N2O/c1-11(2,8-12-3)10(14)9-6-4-5-7-13-9/h4-7,10,12,14H,8H2,1-3H3. The van der Waals surface area contributed by atoms with E-state index in [1.807, 2.05) is 39.1 Å². The minimum atomic E-state index is -0.531. The van der Waals surface area contributed by atoms with Crippen LogP contribution in [0.15, 0.2) is 24.4 Å². The smallest absolute Gasteiger partial charge is 0.102 e. The van der Waals surface area contributed by atoms with Crippen LogP contribution in [0.2, 0.25) is 0 Å². The Bertz CT molecular complexity index is 272. The molecule has 0 spiro atoms. The molecule has 0 aliphatic heterocycles. The fraction of sp³-hybridized carbons (Fsp3) is 0.545. The van der Waals surface area contributed by atoms with Crippen molar-refractivity contribution >= 4 is 0 Å². The van der Waals surface area contributed by atoms with E-state index >= 15 is 0 Å². The molecule has 0 radical (unpaired) electrons. The van der Waals surface area contributed by atoms with Gasteiger partial charge in [-0.05, 0) is 19.2 Å². The highest BCUT2D eigenvalue weighted by Crippen LogP contribution is 2.31. The van der Waals surface area contributed by atoms with E-state index in [1.54, 1.807) is 6.20 Å². The SMILES string of the molecule is CNCC(C)(C)C(O)c1ccccn1. The van der Waals surface area contributed by atoms with Gasteiger partial charge in [-0.2, -0.15) is 0 Å². The maximum absolute atomic E-state index is 10.1. The van der Waals surface area contributed by atoms with Crippen LogP contribution in [0, 0.1) is 5.41 Å². The molecule has 0 saturated heterocycles. The molecule has 1 aromatic rings. The average molecular weight is 194 g/mol. The Kier molecular flexibility index (Phi) is 3.61. The molecule has 1 atom stereocenters. The van der Waals surface area contributed by atoms with E-state index in [0.29, 0.717) is 0 Å². The highest BCUT2D eigenvalue weighted by molar-refractivity contribution is 5.09. The molecule has 3 nitrogen and oxygen atoms in total. The molecule has 78 valence electrons. The molecule has 0 amide bonds. The van der Waals surface area contributed by atoms with Crippen molar-refractivity contribution in [1.82, 2.24) is 10.3 Å². The number of aromatic nitrogens is 1. The number of hydrogen-bond donors (Lipinski definition) is 2.